The Balaban J connectivity index is 2.33. The number of rotatable bonds is 3. The lowest BCUT2D eigenvalue weighted by Gasteiger charge is -2.17. The molecule has 1 heterocycles. The zero-order chi connectivity index (χ0) is 11.6. The number of aromatic nitrogens is 4. The van der Waals surface area contributed by atoms with Gasteiger partial charge in [0.15, 0.2) is 0 Å². The molecule has 1 aromatic carbocycles. The second-order valence-electron chi connectivity index (χ2n) is 4.42. The molecule has 0 bridgehead atoms. The van der Waals surface area contributed by atoms with Crippen LogP contribution >= 0.6 is 0 Å². The van der Waals surface area contributed by atoms with E-state index in [0.29, 0.717) is 6.01 Å². The van der Waals surface area contributed by atoms with Gasteiger partial charge in [-0.15, -0.1) is 0 Å². The fraction of sp³-hybridized carbons (Fsp3) is 0.300. The number of benzene rings is 1. The van der Waals surface area contributed by atoms with Gasteiger partial charge >= 0.3 is 6.01 Å². The topological polar surface area (TPSA) is 52.8 Å². The van der Waals surface area contributed by atoms with Crippen LogP contribution in [0.25, 0.3) is 5.69 Å². The van der Waals surface area contributed by atoms with Gasteiger partial charge in [-0.3, -0.25) is 0 Å². The van der Waals surface area contributed by atoms with E-state index in [2.05, 4.69) is 35.2 Å². The van der Waals surface area contributed by atoms with Gasteiger partial charge in [0.1, 0.15) is 0 Å². The highest BCUT2D eigenvalue weighted by Gasteiger charge is 2.20. The molecule has 6 heteroatoms. The molecule has 16 heavy (non-hydrogen) atoms. The molecule has 84 valence electrons. The van der Waals surface area contributed by atoms with Crippen molar-refractivity contribution in [2.75, 3.05) is 0 Å². The van der Waals surface area contributed by atoms with Crippen LogP contribution in [0.15, 0.2) is 30.3 Å². The maximum atomic E-state index is 5.79. The summed E-state index contributed by atoms with van der Waals surface area (Å²) in [6, 6.07) is 10.2. The van der Waals surface area contributed by atoms with Crippen LogP contribution in [0.2, 0.25) is 19.6 Å². The van der Waals surface area contributed by atoms with E-state index >= 15 is 0 Å². The van der Waals surface area contributed by atoms with Crippen LogP contribution in [-0.2, 0) is 0 Å². The zero-order valence-corrected chi connectivity index (χ0v) is 10.6. The molecule has 5 nitrogen and oxygen atoms in total. The minimum atomic E-state index is -1.69. The van der Waals surface area contributed by atoms with E-state index < -0.39 is 8.32 Å². The lowest BCUT2D eigenvalue weighted by atomic mass is 10.3. The maximum absolute atomic E-state index is 5.79. The molecule has 0 atom stereocenters. The van der Waals surface area contributed by atoms with Crippen LogP contribution in [0.5, 0.6) is 6.01 Å². The lowest BCUT2D eigenvalue weighted by Crippen LogP contribution is -2.30. The molecule has 2 rings (SSSR count). The summed E-state index contributed by atoms with van der Waals surface area (Å²) in [6.45, 7) is 6.28. The molecule has 0 spiro atoms. The Morgan fingerprint density at radius 2 is 1.81 bits per heavy atom. The fourth-order valence-corrected chi connectivity index (χ4v) is 1.92. The molecule has 2 aromatic rings. The van der Waals surface area contributed by atoms with Crippen molar-refractivity contribution in [3.05, 3.63) is 30.3 Å². The third kappa shape index (κ3) is 2.46. The predicted octanol–water partition coefficient (Wildman–Crippen LogP) is 1.88. The van der Waals surface area contributed by atoms with Gasteiger partial charge < -0.3 is 4.43 Å². The summed E-state index contributed by atoms with van der Waals surface area (Å²) in [5.41, 5.74) is 0.903. The minimum Gasteiger partial charge on any atom is -0.517 e. The van der Waals surface area contributed by atoms with Crippen molar-refractivity contribution >= 4 is 8.32 Å². The van der Waals surface area contributed by atoms with E-state index in [1.165, 1.54) is 0 Å². The molecular weight excluding hydrogens is 220 g/mol. The number of hydrogen-bond donors (Lipinski definition) is 0. The largest absolute Gasteiger partial charge is 0.517 e. The molecule has 0 N–H and O–H groups in total. The summed E-state index contributed by atoms with van der Waals surface area (Å²) < 4.78 is 7.40. The predicted molar refractivity (Wildman–Crippen MR) is 63.1 cm³/mol. The zero-order valence-electron chi connectivity index (χ0n) is 9.58. The molecule has 0 aliphatic carbocycles. The first-order valence-electron chi connectivity index (χ1n) is 5.09. The monoisotopic (exact) mass is 234 g/mol. The van der Waals surface area contributed by atoms with Crippen molar-refractivity contribution in [3.8, 4) is 11.7 Å². The van der Waals surface area contributed by atoms with E-state index in [0.717, 1.165) is 5.69 Å². The molecule has 1 aromatic heterocycles. The van der Waals surface area contributed by atoms with Crippen molar-refractivity contribution in [1.29, 1.82) is 0 Å². The van der Waals surface area contributed by atoms with Crippen LogP contribution in [0.1, 0.15) is 0 Å². The first kappa shape index (κ1) is 10.8. The van der Waals surface area contributed by atoms with E-state index in [1.54, 1.807) is 4.68 Å². The summed E-state index contributed by atoms with van der Waals surface area (Å²) in [4.78, 5) is 0. The number of para-hydroxylation sites is 1. The van der Waals surface area contributed by atoms with Gasteiger partial charge in [-0.2, -0.15) is 4.68 Å². The third-order valence-electron chi connectivity index (χ3n) is 1.84. The van der Waals surface area contributed by atoms with Gasteiger partial charge in [0, 0.05) is 0 Å². The Morgan fingerprint density at radius 1 is 1.12 bits per heavy atom. The molecule has 0 fully saturated rings. The van der Waals surface area contributed by atoms with Gasteiger partial charge in [-0.25, -0.2) is 0 Å². The lowest BCUT2D eigenvalue weighted by molar-refractivity contribution is 0.490. The minimum absolute atomic E-state index is 0.463. The van der Waals surface area contributed by atoms with Crippen molar-refractivity contribution in [1.82, 2.24) is 20.2 Å². The van der Waals surface area contributed by atoms with Gasteiger partial charge in [-0.1, -0.05) is 23.3 Å². The number of hydrogen-bond acceptors (Lipinski definition) is 4. The Labute approximate surface area is 95.2 Å². The van der Waals surface area contributed by atoms with E-state index in [-0.39, 0.29) is 0 Å². The Kier molecular flexibility index (Phi) is 2.74. The summed E-state index contributed by atoms with van der Waals surface area (Å²) in [5.74, 6) is 0. The Morgan fingerprint density at radius 3 is 2.44 bits per heavy atom. The smallest absolute Gasteiger partial charge is 0.326 e. The SMILES string of the molecule is C[Si](C)(C)Oc1nnnn1-c1ccccc1. The van der Waals surface area contributed by atoms with Crippen LogP contribution in [-0.4, -0.2) is 28.5 Å². The molecule has 0 unspecified atom stereocenters. The average molecular weight is 234 g/mol. The van der Waals surface area contributed by atoms with Crippen LogP contribution in [0.4, 0.5) is 0 Å². The molecular formula is C10H14N4OSi. The van der Waals surface area contributed by atoms with Crippen molar-refractivity contribution in [2.45, 2.75) is 19.6 Å². The van der Waals surface area contributed by atoms with E-state index in [4.69, 9.17) is 4.43 Å². The van der Waals surface area contributed by atoms with Gasteiger partial charge in [0.2, 0.25) is 8.32 Å². The highest BCUT2D eigenvalue weighted by Crippen LogP contribution is 2.16. The average Bonchev–Trinajstić information content (AvgIpc) is 2.64. The first-order chi connectivity index (χ1) is 7.56. The molecule has 0 aliphatic rings. The van der Waals surface area contributed by atoms with Crippen LogP contribution < -0.4 is 4.43 Å². The summed E-state index contributed by atoms with van der Waals surface area (Å²) >= 11 is 0. The third-order valence-corrected chi connectivity index (χ3v) is 2.63. The molecule has 0 saturated heterocycles. The second kappa shape index (κ2) is 4.05. The van der Waals surface area contributed by atoms with Gasteiger partial charge in [0.25, 0.3) is 0 Å². The Hall–Kier alpha value is -1.69. The Bertz CT molecular complexity index is 463. The first-order valence-corrected chi connectivity index (χ1v) is 8.50. The molecule has 0 saturated carbocycles. The molecule has 0 radical (unpaired) electrons. The number of tetrazole rings is 1. The number of nitrogens with zero attached hydrogens (tertiary/aromatic N) is 4. The van der Waals surface area contributed by atoms with E-state index in [1.807, 2.05) is 30.3 Å². The van der Waals surface area contributed by atoms with Gasteiger partial charge in [0.05, 0.1) is 5.69 Å². The van der Waals surface area contributed by atoms with Crippen molar-refractivity contribution in [3.63, 3.8) is 0 Å². The molecule has 0 aliphatic heterocycles. The highest BCUT2D eigenvalue weighted by atomic mass is 28.4. The normalized spacial score (nSPS) is 11.4. The quantitative estimate of drug-likeness (QED) is 0.761. The summed E-state index contributed by atoms with van der Waals surface area (Å²) in [7, 11) is -1.69. The second-order valence-corrected chi connectivity index (χ2v) is 8.85. The highest BCUT2D eigenvalue weighted by molar-refractivity contribution is 6.70. The van der Waals surface area contributed by atoms with Crippen LogP contribution in [0, 0.1) is 0 Å². The summed E-state index contributed by atoms with van der Waals surface area (Å²) in [5, 5.41) is 11.5. The van der Waals surface area contributed by atoms with Crippen molar-refractivity contribution < 1.29 is 4.43 Å². The maximum Gasteiger partial charge on any atom is 0.326 e. The van der Waals surface area contributed by atoms with Crippen LogP contribution in [0.3, 0.4) is 0 Å². The summed E-state index contributed by atoms with van der Waals surface area (Å²) in [6.07, 6.45) is 0. The molecule has 0 amide bonds. The fourth-order valence-electron chi connectivity index (χ4n) is 1.25. The standard InChI is InChI=1S/C10H14N4OSi/c1-16(2,3)15-10-11-12-13-14(10)9-7-5-4-6-8-9/h4-8H,1-3H3. The van der Waals surface area contributed by atoms with E-state index in [9.17, 15) is 0 Å². The van der Waals surface area contributed by atoms with Gasteiger partial charge in [-0.05, 0) is 42.2 Å². The van der Waals surface area contributed by atoms with Crippen molar-refractivity contribution in [2.24, 2.45) is 0 Å².